The van der Waals surface area contributed by atoms with Crippen LogP contribution in [-0.2, 0) is 0 Å². The highest BCUT2D eigenvalue weighted by molar-refractivity contribution is 7.10. The molecule has 7 heteroatoms. The zero-order chi connectivity index (χ0) is 14.7. The smallest absolute Gasteiger partial charge is 0.281 e. The zero-order valence-corrected chi connectivity index (χ0v) is 11.5. The Morgan fingerprint density at radius 2 is 2.20 bits per heavy atom. The Labute approximate surface area is 123 Å². The van der Waals surface area contributed by atoms with Crippen LogP contribution in [0.2, 0.25) is 5.02 Å². The van der Waals surface area contributed by atoms with E-state index in [-0.39, 0.29) is 16.3 Å². The topological polar surface area (TPSA) is 84.0 Å². The molecule has 0 N–H and O–H groups in total. The molecular formula is C13H7ClN2O3S. The van der Waals surface area contributed by atoms with Crippen LogP contribution in [-0.4, -0.2) is 10.7 Å². The van der Waals surface area contributed by atoms with Gasteiger partial charge in [-0.15, -0.1) is 11.3 Å². The lowest BCUT2D eigenvalue weighted by Crippen LogP contribution is -2.12. The number of hydrogen-bond acceptors (Lipinski definition) is 5. The van der Waals surface area contributed by atoms with Crippen molar-refractivity contribution in [2.45, 2.75) is 5.92 Å². The van der Waals surface area contributed by atoms with Gasteiger partial charge in [0.2, 0.25) is 0 Å². The number of carbonyl (C=O) groups excluding carboxylic acids is 1. The van der Waals surface area contributed by atoms with Gasteiger partial charge in [-0.05, 0) is 23.6 Å². The molecule has 0 amide bonds. The molecule has 0 saturated carbocycles. The lowest BCUT2D eigenvalue weighted by molar-refractivity contribution is -0.385. The Hall–Kier alpha value is -2.23. The van der Waals surface area contributed by atoms with Crippen LogP contribution in [0.25, 0.3) is 0 Å². The van der Waals surface area contributed by atoms with Crippen LogP contribution >= 0.6 is 22.9 Å². The predicted molar refractivity (Wildman–Crippen MR) is 75.1 cm³/mol. The number of benzene rings is 1. The molecule has 20 heavy (non-hydrogen) atoms. The van der Waals surface area contributed by atoms with Crippen molar-refractivity contribution in [2.75, 3.05) is 0 Å². The van der Waals surface area contributed by atoms with E-state index >= 15 is 0 Å². The molecule has 0 spiro atoms. The normalized spacial score (nSPS) is 11.6. The Bertz CT molecular complexity index is 707. The van der Waals surface area contributed by atoms with Crippen molar-refractivity contribution in [3.8, 4) is 6.07 Å². The summed E-state index contributed by atoms with van der Waals surface area (Å²) < 4.78 is 0. The molecule has 1 heterocycles. The summed E-state index contributed by atoms with van der Waals surface area (Å²) in [6.45, 7) is 0. The number of rotatable bonds is 4. The van der Waals surface area contributed by atoms with Gasteiger partial charge in [0.15, 0.2) is 5.78 Å². The molecule has 0 aliphatic heterocycles. The molecule has 1 aromatic heterocycles. The molecule has 2 aromatic rings. The molecule has 0 bridgehead atoms. The molecule has 0 aliphatic rings. The van der Waals surface area contributed by atoms with Crippen LogP contribution < -0.4 is 0 Å². The maximum absolute atomic E-state index is 12.3. The fourth-order valence-electron chi connectivity index (χ4n) is 1.73. The second-order valence-electron chi connectivity index (χ2n) is 3.86. The zero-order valence-electron chi connectivity index (χ0n) is 9.95. The van der Waals surface area contributed by atoms with E-state index in [0.29, 0.717) is 4.88 Å². The van der Waals surface area contributed by atoms with Crippen molar-refractivity contribution in [1.29, 1.82) is 5.26 Å². The summed E-state index contributed by atoms with van der Waals surface area (Å²) in [4.78, 5) is 23.2. The molecule has 0 radical (unpaired) electrons. The SMILES string of the molecule is N#CC(C(=O)c1ccc(Cl)cc1[N+](=O)[O-])c1cccs1. The highest BCUT2D eigenvalue weighted by Gasteiger charge is 2.28. The fraction of sp³-hybridized carbons (Fsp3) is 0.0769. The van der Waals surface area contributed by atoms with Gasteiger partial charge in [-0.2, -0.15) is 5.26 Å². The van der Waals surface area contributed by atoms with Gasteiger partial charge >= 0.3 is 0 Å². The van der Waals surface area contributed by atoms with Crippen molar-refractivity contribution in [2.24, 2.45) is 0 Å². The van der Waals surface area contributed by atoms with Crippen LogP contribution in [0.5, 0.6) is 0 Å². The maximum atomic E-state index is 12.3. The van der Waals surface area contributed by atoms with Crippen molar-refractivity contribution in [3.05, 3.63) is 61.3 Å². The summed E-state index contributed by atoms with van der Waals surface area (Å²) in [7, 11) is 0. The third-order valence-electron chi connectivity index (χ3n) is 2.64. The average Bonchev–Trinajstić information content (AvgIpc) is 2.93. The van der Waals surface area contributed by atoms with Gasteiger partial charge in [-0.3, -0.25) is 14.9 Å². The third-order valence-corrected chi connectivity index (χ3v) is 3.81. The molecule has 0 aliphatic carbocycles. The third kappa shape index (κ3) is 2.69. The Balaban J connectivity index is 2.48. The Morgan fingerprint density at radius 1 is 1.45 bits per heavy atom. The molecule has 100 valence electrons. The molecule has 1 unspecified atom stereocenters. The summed E-state index contributed by atoms with van der Waals surface area (Å²) in [6, 6.07) is 9.04. The molecular weight excluding hydrogens is 300 g/mol. The van der Waals surface area contributed by atoms with E-state index in [1.165, 1.54) is 23.5 Å². The first-order valence-corrected chi connectivity index (χ1v) is 6.71. The number of nitro benzene ring substituents is 1. The largest absolute Gasteiger partial charge is 0.292 e. The van der Waals surface area contributed by atoms with E-state index in [4.69, 9.17) is 16.9 Å². The lowest BCUT2D eigenvalue weighted by atomic mass is 9.96. The van der Waals surface area contributed by atoms with E-state index in [9.17, 15) is 14.9 Å². The molecule has 5 nitrogen and oxygen atoms in total. The summed E-state index contributed by atoms with van der Waals surface area (Å²) >= 11 is 6.96. The number of ketones is 1. The van der Waals surface area contributed by atoms with Crippen LogP contribution in [0, 0.1) is 21.4 Å². The van der Waals surface area contributed by atoms with Gasteiger partial charge in [-0.25, -0.2) is 0 Å². The Kier molecular flexibility index (Phi) is 4.13. The first-order chi connectivity index (χ1) is 9.54. The van der Waals surface area contributed by atoms with E-state index in [1.54, 1.807) is 17.5 Å². The standard InChI is InChI=1S/C13H7ClN2O3S/c14-8-3-4-9(11(6-8)16(18)19)13(17)10(7-15)12-2-1-5-20-12/h1-6,10H. The van der Waals surface area contributed by atoms with Gasteiger partial charge in [0.25, 0.3) is 5.69 Å². The molecule has 1 aromatic carbocycles. The van der Waals surface area contributed by atoms with Crippen molar-refractivity contribution in [1.82, 2.24) is 0 Å². The van der Waals surface area contributed by atoms with Gasteiger partial charge in [-0.1, -0.05) is 17.7 Å². The molecule has 1 atom stereocenters. The minimum absolute atomic E-state index is 0.112. The number of hydrogen-bond donors (Lipinski definition) is 0. The van der Waals surface area contributed by atoms with E-state index in [1.807, 2.05) is 6.07 Å². The van der Waals surface area contributed by atoms with Gasteiger partial charge < -0.3 is 0 Å². The second-order valence-corrected chi connectivity index (χ2v) is 5.28. The average molecular weight is 307 g/mol. The molecule has 0 fully saturated rings. The first-order valence-electron chi connectivity index (χ1n) is 5.45. The lowest BCUT2D eigenvalue weighted by Gasteiger charge is -2.07. The first kappa shape index (κ1) is 14.2. The van der Waals surface area contributed by atoms with Gasteiger partial charge in [0.1, 0.15) is 5.92 Å². The van der Waals surface area contributed by atoms with Crippen molar-refractivity contribution < 1.29 is 9.72 Å². The summed E-state index contributed by atoms with van der Waals surface area (Å²) in [6.07, 6.45) is 0. The number of nitrogens with zero attached hydrogens (tertiary/aromatic N) is 2. The van der Waals surface area contributed by atoms with Crippen LogP contribution in [0.3, 0.4) is 0 Å². The van der Waals surface area contributed by atoms with Gasteiger partial charge in [0.05, 0.1) is 16.6 Å². The number of nitriles is 1. The number of carbonyl (C=O) groups is 1. The number of halogens is 1. The van der Waals surface area contributed by atoms with Crippen molar-refractivity contribution >= 4 is 34.4 Å². The summed E-state index contributed by atoms with van der Waals surface area (Å²) in [5.74, 6) is -1.65. The highest BCUT2D eigenvalue weighted by atomic mass is 35.5. The predicted octanol–water partition coefficient (Wildman–Crippen LogP) is 3.80. The summed E-state index contributed by atoms with van der Waals surface area (Å²) in [5, 5.41) is 22.0. The minimum atomic E-state index is -1.05. The molecule has 0 saturated heterocycles. The van der Waals surface area contributed by atoms with Crippen molar-refractivity contribution in [3.63, 3.8) is 0 Å². The molecule has 2 rings (SSSR count). The van der Waals surface area contributed by atoms with Crippen LogP contribution in [0.15, 0.2) is 35.7 Å². The van der Waals surface area contributed by atoms with Gasteiger partial charge in [0, 0.05) is 16.0 Å². The van der Waals surface area contributed by atoms with E-state index < -0.39 is 16.6 Å². The maximum Gasteiger partial charge on any atom is 0.281 e. The van der Waals surface area contributed by atoms with E-state index in [2.05, 4.69) is 0 Å². The summed E-state index contributed by atoms with van der Waals surface area (Å²) in [5.41, 5.74) is -0.501. The van der Waals surface area contributed by atoms with E-state index in [0.717, 1.165) is 6.07 Å². The Morgan fingerprint density at radius 3 is 2.75 bits per heavy atom. The quantitative estimate of drug-likeness (QED) is 0.488. The van der Waals surface area contributed by atoms with Crippen LogP contribution in [0.4, 0.5) is 5.69 Å². The fourth-order valence-corrected chi connectivity index (χ4v) is 2.66. The minimum Gasteiger partial charge on any atom is -0.292 e. The number of nitro groups is 1. The highest BCUT2D eigenvalue weighted by Crippen LogP contribution is 2.30. The van der Waals surface area contributed by atoms with Crippen LogP contribution in [0.1, 0.15) is 21.2 Å². The second kappa shape index (κ2) is 5.82. The number of thiophene rings is 1. The monoisotopic (exact) mass is 306 g/mol. The number of Topliss-reactive ketones (excluding diaryl/α,β-unsaturated/α-hetero) is 1.